The van der Waals surface area contributed by atoms with Crippen LogP contribution in [-0.4, -0.2) is 25.2 Å². The van der Waals surface area contributed by atoms with Gasteiger partial charge in [0.1, 0.15) is 10.6 Å². The quantitative estimate of drug-likeness (QED) is 0.811. The van der Waals surface area contributed by atoms with Gasteiger partial charge in [0.25, 0.3) is 0 Å². The molecular weight excluding hydrogens is 292 g/mol. The fourth-order valence-electron chi connectivity index (χ4n) is 1.39. The third-order valence-electron chi connectivity index (χ3n) is 2.21. The molecule has 2 aromatic rings. The van der Waals surface area contributed by atoms with E-state index >= 15 is 0 Å². The van der Waals surface area contributed by atoms with Gasteiger partial charge in [0, 0.05) is 7.05 Å². The maximum atomic E-state index is 12.2. The van der Waals surface area contributed by atoms with Crippen molar-refractivity contribution in [2.45, 2.75) is 13.3 Å². The summed E-state index contributed by atoms with van der Waals surface area (Å²) >= 11 is 4.43. The van der Waals surface area contributed by atoms with Crippen LogP contribution in [0.3, 0.4) is 0 Å². The maximum Gasteiger partial charge on any atom is 0.225 e. The van der Waals surface area contributed by atoms with Gasteiger partial charge in [-0.25, -0.2) is 0 Å². The predicted molar refractivity (Wildman–Crippen MR) is 63.6 cm³/mol. The van der Waals surface area contributed by atoms with Crippen LogP contribution >= 0.6 is 27.5 Å². The van der Waals surface area contributed by atoms with Gasteiger partial charge in [-0.15, -0.1) is 5.10 Å². The molecule has 0 saturated heterocycles. The van der Waals surface area contributed by atoms with Gasteiger partial charge in [0.2, 0.25) is 5.78 Å². The summed E-state index contributed by atoms with van der Waals surface area (Å²) in [5.41, 5.74) is 1.27. The Morgan fingerprint density at radius 1 is 1.62 bits per heavy atom. The number of hydrogen-bond donors (Lipinski definition) is 0. The van der Waals surface area contributed by atoms with Gasteiger partial charge < -0.3 is 0 Å². The molecule has 0 fully saturated rings. The molecule has 0 bridgehead atoms. The topological polar surface area (TPSA) is 60.7 Å². The van der Waals surface area contributed by atoms with Crippen LogP contribution in [-0.2, 0) is 13.5 Å². The van der Waals surface area contributed by atoms with E-state index < -0.39 is 0 Å². The summed E-state index contributed by atoms with van der Waals surface area (Å²) in [5, 5.41) is 7.94. The van der Waals surface area contributed by atoms with Gasteiger partial charge in [0.15, 0.2) is 0 Å². The summed E-state index contributed by atoms with van der Waals surface area (Å²) in [7, 11) is 1.73. The summed E-state index contributed by atoms with van der Waals surface area (Å²) in [4.78, 5) is 12.8. The molecule has 5 nitrogen and oxygen atoms in total. The van der Waals surface area contributed by atoms with Crippen molar-refractivity contribution < 1.29 is 4.79 Å². The second kappa shape index (κ2) is 4.42. The van der Waals surface area contributed by atoms with E-state index in [1.807, 2.05) is 6.92 Å². The summed E-state index contributed by atoms with van der Waals surface area (Å²) in [6.45, 7) is 1.95. The highest BCUT2D eigenvalue weighted by Crippen LogP contribution is 2.22. The first-order chi connectivity index (χ1) is 7.65. The largest absolute Gasteiger partial charge is 0.286 e. The zero-order valence-electron chi connectivity index (χ0n) is 8.77. The first kappa shape index (κ1) is 11.4. The van der Waals surface area contributed by atoms with Crippen LogP contribution in [0.2, 0.25) is 0 Å². The van der Waals surface area contributed by atoms with Crippen molar-refractivity contribution in [3.8, 4) is 0 Å². The van der Waals surface area contributed by atoms with Gasteiger partial charge in [-0.3, -0.25) is 9.48 Å². The second-order valence-corrected chi connectivity index (χ2v) is 4.80. The lowest BCUT2D eigenvalue weighted by Crippen LogP contribution is -2.09. The number of rotatable bonds is 3. The van der Waals surface area contributed by atoms with Crippen molar-refractivity contribution in [2.24, 2.45) is 7.05 Å². The zero-order chi connectivity index (χ0) is 11.7. The minimum Gasteiger partial charge on any atom is -0.286 e. The summed E-state index contributed by atoms with van der Waals surface area (Å²) < 4.78 is 6.05. The maximum absolute atomic E-state index is 12.2. The molecule has 2 rings (SSSR count). The van der Waals surface area contributed by atoms with Gasteiger partial charge >= 0.3 is 0 Å². The molecule has 0 aromatic carbocycles. The van der Waals surface area contributed by atoms with Crippen LogP contribution in [0.5, 0.6) is 0 Å². The molecule has 0 aliphatic rings. The van der Waals surface area contributed by atoms with Crippen molar-refractivity contribution in [2.75, 3.05) is 0 Å². The fraction of sp³-hybridized carbons (Fsp3) is 0.333. The Kier molecular flexibility index (Phi) is 3.15. The third-order valence-corrected chi connectivity index (χ3v) is 3.55. The van der Waals surface area contributed by atoms with Gasteiger partial charge in [-0.2, -0.15) is 5.10 Å². The molecule has 0 radical (unpaired) electrons. The Morgan fingerprint density at radius 3 is 2.94 bits per heavy atom. The Labute approximate surface area is 105 Å². The molecule has 84 valence electrons. The molecule has 7 heteroatoms. The molecule has 2 heterocycles. The molecule has 0 N–H and O–H groups in total. The minimum absolute atomic E-state index is 0.0845. The molecule has 0 aliphatic heterocycles. The molecule has 2 aromatic heterocycles. The first-order valence-electron chi connectivity index (χ1n) is 4.68. The van der Waals surface area contributed by atoms with Crippen LogP contribution < -0.4 is 0 Å². The smallest absolute Gasteiger partial charge is 0.225 e. The molecular formula is C9H9BrN4OS. The molecule has 0 saturated carbocycles. The van der Waals surface area contributed by atoms with Crippen LogP contribution in [0.25, 0.3) is 0 Å². The highest BCUT2D eigenvalue weighted by Gasteiger charge is 2.22. The molecule has 0 spiro atoms. The first-order valence-corrected chi connectivity index (χ1v) is 6.25. The summed E-state index contributed by atoms with van der Waals surface area (Å²) in [6, 6.07) is 0. The molecule has 16 heavy (non-hydrogen) atoms. The summed E-state index contributed by atoms with van der Waals surface area (Å²) in [6.07, 6.45) is 2.31. The molecule has 0 amide bonds. The number of aryl methyl sites for hydroxylation is 2. The van der Waals surface area contributed by atoms with E-state index in [0.29, 0.717) is 21.5 Å². The highest BCUT2D eigenvalue weighted by atomic mass is 79.9. The number of carbonyl (C=O) groups is 1. The zero-order valence-corrected chi connectivity index (χ0v) is 11.2. The number of halogens is 1. The van der Waals surface area contributed by atoms with E-state index in [1.54, 1.807) is 17.9 Å². The minimum atomic E-state index is -0.0845. The highest BCUT2D eigenvalue weighted by molar-refractivity contribution is 9.10. The molecule has 0 aliphatic carbocycles. The number of ketones is 1. The van der Waals surface area contributed by atoms with E-state index in [1.165, 1.54) is 0 Å². The Balaban J connectivity index is 2.47. The molecule has 0 unspecified atom stereocenters. The van der Waals surface area contributed by atoms with Crippen LogP contribution in [0.15, 0.2) is 10.7 Å². The van der Waals surface area contributed by atoms with E-state index in [-0.39, 0.29) is 5.78 Å². The predicted octanol–water partition coefficient (Wildman–Crippen LogP) is 1.83. The standard InChI is InChI=1S/C9H9BrN4OS/c1-3-6-9(16-13-12-6)8(15)7-5(10)4-11-14(7)2/h4H,3H2,1-2H3. The van der Waals surface area contributed by atoms with Crippen molar-refractivity contribution in [1.82, 2.24) is 19.4 Å². The normalized spacial score (nSPS) is 10.7. The van der Waals surface area contributed by atoms with Gasteiger partial charge in [-0.1, -0.05) is 11.4 Å². The Hall–Kier alpha value is -1.08. The lowest BCUT2D eigenvalue weighted by Gasteiger charge is -2.00. The number of nitrogens with zero attached hydrogens (tertiary/aromatic N) is 4. The number of hydrogen-bond acceptors (Lipinski definition) is 5. The van der Waals surface area contributed by atoms with Crippen LogP contribution in [0.4, 0.5) is 0 Å². The third kappa shape index (κ3) is 1.80. The van der Waals surface area contributed by atoms with Crippen molar-refractivity contribution in [3.05, 3.63) is 26.9 Å². The van der Waals surface area contributed by atoms with E-state index in [0.717, 1.165) is 17.2 Å². The number of carbonyl (C=O) groups excluding carboxylic acids is 1. The lowest BCUT2D eigenvalue weighted by molar-refractivity contribution is 0.103. The second-order valence-electron chi connectivity index (χ2n) is 3.20. The Bertz CT molecular complexity index is 514. The van der Waals surface area contributed by atoms with E-state index in [9.17, 15) is 4.79 Å². The average molecular weight is 301 g/mol. The van der Waals surface area contributed by atoms with Crippen molar-refractivity contribution >= 4 is 33.2 Å². The monoisotopic (exact) mass is 300 g/mol. The fourth-order valence-corrected chi connectivity index (χ4v) is 2.61. The Morgan fingerprint density at radius 2 is 2.38 bits per heavy atom. The number of aromatic nitrogens is 4. The summed E-state index contributed by atoms with van der Waals surface area (Å²) in [5.74, 6) is -0.0845. The lowest BCUT2D eigenvalue weighted by atomic mass is 10.2. The average Bonchev–Trinajstić information content (AvgIpc) is 2.85. The van der Waals surface area contributed by atoms with Crippen molar-refractivity contribution in [3.63, 3.8) is 0 Å². The SMILES string of the molecule is CCc1nnsc1C(=O)c1c(Br)cnn1C. The van der Waals surface area contributed by atoms with E-state index in [4.69, 9.17) is 0 Å². The van der Waals surface area contributed by atoms with Crippen LogP contribution in [0.1, 0.15) is 28.0 Å². The molecule has 0 atom stereocenters. The van der Waals surface area contributed by atoms with Gasteiger partial charge in [0.05, 0.1) is 16.4 Å². The van der Waals surface area contributed by atoms with E-state index in [2.05, 4.69) is 30.6 Å². The van der Waals surface area contributed by atoms with Crippen molar-refractivity contribution in [1.29, 1.82) is 0 Å². The van der Waals surface area contributed by atoms with Crippen LogP contribution in [0, 0.1) is 0 Å². The van der Waals surface area contributed by atoms with Gasteiger partial charge in [-0.05, 0) is 33.9 Å².